The summed E-state index contributed by atoms with van der Waals surface area (Å²) >= 11 is 0. The third-order valence-corrected chi connectivity index (χ3v) is 4.52. The number of hydrogen-bond acceptors (Lipinski definition) is 4. The average Bonchev–Trinajstić information content (AvgIpc) is 2.66. The topological polar surface area (TPSA) is 75.5 Å². The normalized spacial score (nSPS) is 15.9. The van der Waals surface area contributed by atoms with Crippen LogP contribution in [0.2, 0.25) is 0 Å². The number of quaternary nitrogens is 1. The van der Waals surface area contributed by atoms with Crippen molar-refractivity contribution >= 4 is 0 Å². The first-order valence-electron chi connectivity index (χ1n) is 8.45. The SMILES string of the molecule is COc1ccc([C@@H](O)[C@H](C)[NH2+][C@@H](C)[C@@H](O)c2ccc(OC)cc2)cc1. The van der Waals surface area contributed by atoms with Crippen molar-refractivity contribution < 1.29 is 25.0 Å². The van der Waals surface area contributed by atoms with Crippen LogP contribution in [0, 0.1) is 0 Å². The number of hydrogen-bond donors (Lipinski definition) is 3. The second-order valence-corrected chi connectivity index (χ2v) is 6.35. The average molecular weight is 346 g/mol. The predicted molar refractivity (Wildman–Crippen MR) is 96.8 cm³/mol. The monoisotopic (exact) mass is 346 g/mol. The largest absolute Gasteiger partial charge is 0.497 e. The number of benzene rings is 2. The summed E-state index contributed by atoms with van der Waals surface area (Å²) in [5.41, 5.74) is 1.66. The summed E-state index contributed by atoms with van der Waals surface area (Å²) in [7, 11) is 3.23. The van der Waals surface area contributed by atoms with E-state index in [1.165, 1.54) is 0 Å². The molecule has 5 nitrogen and oxygen atoms in total. The Morgan fingerprint density at radius 1 is 0.680 bits per heavy atom. The van der Waals surface area contributed by atoms with Gasteiger partial charge in [-0.05, 0) is 49.2 Å². The summed E-state index contributed by atoms with van der Waals surface area (Å²) in [6.07, 6.45) is -1.26. The van der Waals surface area contributed by atoms with E-state index in [1.807, 2.05) is 67.7 Å². The molecule has 0 unspecified atom stereocenters. The molecule has 0 saturated carbocycles. The Hall–Kier alpha value is -2.08. The molecule has 0 saturated heterocycles. The van der Waals surface area contributed by atoms with E-state index in [0.717, 1.165) is 22.6 Å². The van der Waals surface area contributed by atoms with Crippen molar-refractivity contribution in [1.29, 1.82) is 0 Å². The van der Waals surface area contributed by atoms with Crippen LogP contribution in [-0.2, 0) is 0 Å². The Balaban J connectivity index is 1.98. The van der Waals surface area contributed by atoms with Crippen molar-refractivity contribution in [3.8, 4) is 11.5 Å². The van der Waals surface area contributed by atoms with E-state index >= 15 is 0 Å². The first-order valence-corrected chi connectivity index (χ1v) is 8.45. The molecule has 0 heterocycles. The highest BCUT2D eigenvalue weighted by Crippen LogP contribution is 2.21. The third-order valence-electron chi connectivity index (χ3n) is 4.52. The maximum absolute atomic E-state index is 10.6. The molecule has 0 amide bonds. The lowest BCUT2D eigenvalue weighted by Gasteiger charge is -2.25. The lowest BCUT2D eigenvalue weighted by atomic mass is 9.99. The number of aliphatic hydroxyl groups excluding tert-OH is 2. The van der Waals surface area contributed by atoms with Crippen molar-refractivity contribution in [2.45, 2.75) is 38.1 Å². The van der Waals surface area contributed by atoms with Crippen LogP contribution in [0.1, 0.15) is 37.2 Å². The van der Waals surface area contributed by atoms with Crippen LogP contribution in [0.4, 0.5) is 0 Å². The highest BCUT2D eigenvalue weighted by atomic mass is 16.5. The first-order chi connectivity index (χ1) is 12.0. The molecule has 2 aromatic rings. The van der Waals surface area contributed by atoms with Crippen LogP contribution < -0.4 is 14.8 Å². The van der Waals surface area contributed by atoms with Gasteiger partial charge in [-0.1, -0.05) is 24.3 Å². The molecular weight excluding hydrogens is 318 g/mol. The standard InChI is InChI=1S/C20H27NO4/c1-13(19(22)15-5-9-17(24-3)10-6-15)21-14(2)20(23)16-7-11-18(25-4)12-8-16/h5-14,19-23H,1-4H3/p+1/t13-,14-,19-,20+/m0/s1. The third kappa shape index (κ3) is 4.95. The quantitative estimate of drug-likeness (QED) is 0.681. The number of ether oxygens (including phenoxy) is 2. The van der Waals surface area contributed by atoms with Crippen molar-refractivity contribution in [3.63, 3.8) is 0 Å². The van der Waals surface area contributed by atoms with Gasteiger partial charge >= 0.3 is 0 Å². The van der Waals surface area contributed by atoms with Gasteiger partial charge < -0.3 is 25.0 Å². The van der Waals surface area contributed by atoms with Crippen molar-refractivity contribution in [2.24, 2.45) is 0 Å². The van der Waals surface area contributed by atoms with Crippen molar-refractivity contribution in [3.05, 3.63) is 59.7 Å². The van der Waals surface area contributed by atoms with Gasteiger partial charge in [-0.3, -0.25) is 0 Å². The molecular formula is C20H28NO4+. The van der Waals surface area contributed by atoms with E-state index in [1.54, 1.807) is 14.2 Å². The molecule has 0 aliphatic heterocycles. The zero-order valence-corrected chi connectivity index (χ0v) is 15.2. The van der Waals surface area contributed by atoms with Gasteiger partial charge in [0.25, 0.3) is 0 Å². The summed E-state index contributed by atoms with van der Waals surface area (Å²) in [5, 5.41) is 23.1. The Kier molecular flexibility index (Phi) is 6.82. The molecule has 2 aromatic carbocycles. The van der Waals surface area contributed by atoms with E-state index < -0.39 is 12.2 Å². The van der Waals surface area contributed by atoms with Crippen molar-refractivity contribution in [1.82, 2.24) is 0 Å². The van der Waals surface area contributed by atoms with Gasteiger partial charge in [-0.2, -0.15) is 0 Å². The van der Waals surface area contributed by atoms with E-state index in [4.69, 9.17) is 9.47 Å². The first kappa shape index (κ1) is 19.2. The number of rotatable bonds is 8. The van der Waals surface area contributed by atoms with E-state index in [2.05, 4.69) is 0 Å². The summed E-state index contributed by atoms with van der Waals surface area (Å²) < 4.78 is 10.3. The lowest BCUT2D eigenvalue weighted by molar-refractivity contribution is -0.730. The van der Waals surface area contributed by atoms with Gasteiger partial charge in [-0.25, -0.2) is 0 Å². The van der Waals surface area contributed by atoms with Crippen molar-refractivity contribution in [2.75, 3.05) is 14.2 Å². The zero-order valence-electron chi connectivity index (χ0n) is 15.2. The van der Waals surface area contributed by atoms with E-state index in [0.29, 0.717) is 0 Å². The van der Waals surface area contributed by atoms with E-state index in [9.17, 15) is 10.2 Å². The summed E-state index contributed by atoms with van der Waals surface area (Å²) in [5.74, 6) is 1.52. The highest BCUT2D eigenvalue weighted by molar-refractivity contribution is 5.29. The van der Waals surface area contributed by atoms with E-state index in [-0.39, 0.29) is 12.1 Å². The van der Waals surface area contributed by atoms with Gasteiger partial charge in [0.15, 0.2) is 0 Å². The van der Waals surface area contributed by atoms with Crippen LogP contribution in [0.15, 0.2) is 48.5 Å². The summed E-state index contributed by atoms with van der Waals surface area (Å²) in [6, 6.07) is 14.6. The fourth-order valence-electron chi connectivity index (χ4n) is 2.90. The molecule has 136 valence electrons. The molecule has 5 heteroatoms. The summed E-state index contributed by atoms with van der Waals surface area (Å²) in [4.78, 5) is 0. The minimum Gasteiger partial charge on any atom is -0.497 e. The zero-order chi connectivity index (χ0) is 18.4. The number of nitrogens with two attached hydrogens (primary N) is 1. The molecule has 0 fully saturated rings. The van der Waals surface area contributed by atoms with Crippen LogP contribution in [0.5, 0.6) is 11.5 Å². The molecule has 4 N–H and O–H groups in total. The molecule has 2 rings (SSSR count). The molecule has 0 aliphatic carbocycles. The van der Waals surface area contributed by atoms with Gasteiger partial charge in [0.05, 0.1) is 14.2 Å². The molecule has 0 aromatic heterocycles. The Labute approximate surface area is 149 Å². The molecule has 0 radical (unpaired) electrons. The molecule has 0 bridgehead atoms. The second kappa shape index (κ2) is 8.85. The fourth-order valence-corrected chi connectivity index (χ4v) is 2.90. The van der Waals surface area contributed by atoms with Crippen LogP contribution in [0.3, 0.4) is 0 Å². The van der Waals surface area contributed by atoms with Crippen LogP contribution in [-0.4, -0.2) is 36.5 Å². The van der Waals surface area contributed by atoms with Gasteiger partial charge in [0.1, 0.15) is 35.8 Å². The van der Waals surface area contributed by atoms with Gasteiger partial charge in [0.2, 0.25) is 0 Å². The number of methoxy groups -OCH3 is 2. The Morgan fingerprint density at radius 2 is 1.00 bits per heavy atom. The maximum Gasteiger partial charge on any atom is 0.130 e. The smallest absolute Gasteiger partial charge is 0.130 e. The molecule has 0 spiro atoms. The Bertz CT molecular complexity index is 584. The highest BCUT2D eigenvalue weighted by Gasteiger charge is 2.26. The molecule has 4 atom stereocenters. The van der Waals surface area contributed by atoms with Gasteiger partial charge in [0, 0.05) is 0 Å². The predicted octanol–water partition coefficient (Wildman–Crippen LogP) is 1.81. The van der Waals surface area contributed by atoms with Crippen LogP contribution >= 0.6 is 0 Å². The maximum atomic E-state index is 10.6. The van der Waals surface area contributed by atoms with Gasteiger partial charge in [-0.15, -0.1) is 0 Å². The second-order valence-electron chi connectivity index (χ2n) is 6.35. The number of aliphatic hydroxyl groups is 2. The molecule has 0 aliphatic rings. The minimum atomic E-state index is -0.628. The minimum absolute atomic E-state index is 0.101. The molecule has 25 heavy (non-hydrogen) atoms. The lowest BCUT2D eigenvalue weighted by Crippen LogP contribution is -2.95. The Morgan fingerprint density at radius 3 is 1.28 bits per heavy atom. The fraction of sp³-hybridized carbons (Fsp3) is 0.400. The van der Waals surface area contributed by atoms with Crippen LogP contribution in [0.25, 0.3) is 0 Å². The summed E-state index contributed by atoms with van der Waals surface area (Å²) in [6.45, 7) is 3.90.